The summed E-state index contributed by atoms with van der Waals surface area (Å²) >= 11 is 1.54. The molecule has 0 spiro atoms. The van der Waals surface area contributed by atoms with Crippen LogP contribution >= 0.6 is 11.3 Å². The van der Waals surface area contributed by atoms with E-state index in [-0.39, 0.29) is 24.5 Å². The van der Waals surface area contributed by atoms with Crippen LogP contribution in [0.25, 0.3) is 0 Å². The molecule has 2 fully saturated rings. The Morgan fingerprint density at radius 1 is 1.09 bits per heavy atom. The normalized spacial score (nSPS) is 17.5. The van der Waals surface area contributed by atoms with E-state index in [1.165, 1.54) is 16.9 Å². The molecule has 0 bridgehead atoms. The Kier molecular flexibility index (Phi) is 7.50. The third-order valence-corrected chi connectivity index (χ3v) is 7.49. The third kappa shape index (κ3) is 5.31. The van der Waals surface area contributed by atoms with Gasteiger partial charge >= 0.3 is 6.09 Å². The van der Waals surface area contributed by atoms with Crippen LogP contribution in [0.3, 0.4) is 0 Å². The summed E-state index contributed by atoms with van der Waals surface area (Å²) in [7, 11) is 1.70. The first-order valence-corrected chi connectivity index (χ1v) is 12.2. The molecule has 2 aliphatic heterocycles. The molecule has 174 valence electrons. The summed E-state index contributed by atoms with van der Waals surface area (Å²) in [4.78, 5) is 33.3. The van der Waals surface area contributed by atoms with Gasteiger partial charge in [0.2, 0.25) is 0 Å². The molecule has 0 radical (unpaired) electrons. The summed E-state index contributed by atoms with van der Waals surface area (Å²) in [5.74, 6) is 3.88. The molecular weight excluding hydrogens is 438 g/mol. The number of amides is 2. The highest BCUT2D eigenvalue weighted by atomic mass is 32.1. The van der Waals surface area contributed by atoms with Crippen molar-refractivity contribution in [3.8, 4) is 18.1 Å². The van der Waals surface area contributed by atoms with Gasteiger partial charge in [0.1, 0.15) is 11.4 Å². The number of ether oxygens (including phenoxy) is 2. The van der Waals surface area contributed by atoms with Crippen molar-refractivity contribution < 1.29 is 19.1 Å². The van der Waals surface area contributed by atoms with Crippen molar-refractivity contribution in [2.24, 2.45) is 0 Å². The lowest BCUT2D eigenvalue weighted by Gasteiger charge is -2.32. The van der Waals surface area contributed by atoms with Gasteiger partial charge < -0.3 is 19.3 Å². The fourth-order valence-corrected chi connectivity index (χ4v) is 5.60. The molecule has 0 N–H and O–H groups in total. The van der Waals surface area contributed by atoms with Crippen molar-refractivity contribution in [2.75, 3.05) is 39.9 Å². The zero-order valence-corrected chi connectivity index (χ0v) is 19.7. The molecule has 2 saturated heterocycles. The van der Waals surface area contributed by atoms with Crippen LogP contribution in [0.2, 0.25) is 0 Å². The van der Waals surface area contributed by atoms with Gasteiger partial charge in [-0.2, -0.15) is 0 Å². The maximum atomic E-state index is 13.1. The molecule has 8 heteroatoms. The Morgan fingerprint density at radius 2 is 1.76 bits per heavy atom. The molecule has 0 saturated carbocycles. The maximum absolute atomic E-state index is 13.1. The van der Waals surface area contributed by atoms with Gasteiger partial charge in [-0.25, -0.2) is 9.78 Å². The molecule has 2 aromatic rings. The average Bonchev–Trinajstić information content (AvgIpc) is 3.37. The Morgan fingerprint density at radius 3 is 2.45 bits per heavy atom. The molecule has 7 nitrogen and oxygen atoms in total. The van der Waals surface area contributed by atoms with Crippen LogP contribution in [0, 0.1) is 12.3 Å². The summed E-state index contributed by atoms with van der Waals surface area (Å²) in [5.41, 5.74) is 1.75. The number of carbonyl (C=O) groups is 2. The predicted molar refractivity (Wildman–Crippen MR) is 127 cm³/mol. The quantitative estimate of drug-likeness (QED) is 0.619. The number of aromatic nitrogens is 1. The van der Waals surface area contributed by atoms with Crippen LogP contribution in [-0.4, -0.2) is 66.7 Å². The number of terminal acetylenes is 1. The third-order valence-electron chi connectivity index (χ3n) is 6.48. The number of carbonyl (C=O) groups excluding carboxylic acids is 2. The monoisotopic (exact) mass is 467 g/mol. The van der Waals surface area contributed by atoms with Crippen molar-refractivity contribution in [3.63, 3.8) is 0 Å². The van der Waals surface area contributed by atoms with Gasteiger partial charge in [0.25, 0.3) is 5.91 Å². The summed E-state index contributed by atoms with van der Waals surface area (Å²) in [5, 5.41) is 2.84. The fraction of sp³-hybridized carbons (Fsp3) is 0.480. The van der Waals surface area contributed by atoms with Gasteiger partial charge in [0, 0.05) is 37.5 Å². The number of likely N-dealkylation sites (tertiary alicyclic amines) is 2. The van der Waals surface area contributed by atoms with Crippen LogP contribution in [0.4, 0.5) is 4.79 Å². The summed E-state index contributed by atoms with van der Waals surface area (Å²) < 4.78 is 10.5. The number of hydrogen-bond donors (Lipinski definition) is 0. The highest BCUT2D eigenvalue weighted by Crippen LogP contribution is 2.35. The number of thiazole rings is 1. The second kappa shape index (κ2) is 10.7. The molecule has 3 heterocycles. The van der Waals surface area contributed by atoms with Crippen molar-refractivity contribution in [2.45, 2.75) is 37.5 Å². The first-order chi connectivity index (χ1) is 16.1. The van der Waals surface area contributed by atoms with E-state index < -0.39 is 0 Å². The highest BCUT2D eigenvalue weighted by molar-refractivity contribution is 7.09. The van der Waals surface area contributed by atoms with Crippen LogP contribution in [0.15, 0.2) is 29.6 Å². The minimum absolute atomic E-state index is 0.00581. The van der Waals surface area contributed by atoms with E-state index in [0.717, 1.165) is 36.4 Å². The molecular formula is C25H29N3O4S. The SMILES string of the molecule is C#CCOC(=O)N1CCC(c2nc(C(=O)N3CCC(c4ccccc4OC)CC3)cs2)CC1. The average molecular weight is 468 g/mol. The van der Waals surface area contributed by atoms with Crippen molar-refractivity contribution in [1.29, 1.82) is 0 Å². The highest BCUT2D eigenvalue weighted by Gasteiger charge is 2.30. The Bertz CT molecular complexity index is 1010. The molecule has 0 aliphatic carbocycles. The van der Waals surface area contributed by atoms with E-state index in [4.69, 9.17) is 15.9 Å². The first-order valence-electron chi connectivity index (χ1n) is 11.3. The zero-order chi connectivity index (χ0) is 23.2. The molecule has 1 aromatic carbocycles. The number of nitrogens with zero attached hydrogens (tertiary/aromatic N) is 3. The Labute approximate surface area is 198 Å². The van der Waals surface area contributed by atoms with Crippen molar-refractivity contribution >= 4 is 23.3 Å². The molecule has 4 rings (SSSR count). The van der Waals surface area contributed by atoms with Gasteiger partial charge in [-0.15, -0.1) is 17.8 Å². The molecule has 2 amide bonds. The largest absolute Gasteiger partial charge is 0.496 e. The smallest absolute Gasteiger partial charge is 0.410 e. The van der Waals surface area contributed by atoms with Crippen molar-refractivity contribution in [1.82, 2.24) is 14.8 Å². The second-order valence-corrected chi connectivity index (χ2v) is 9.29. The van der Waals surface area contributed by atoms with E-state index in [0.29, 0.717) is 37.8 Å². The van der Waals surface area contributed by atoms with Gasteiger partial charge in [0.15, 0.2) is 6.61 Å². The second-order valence-electron chi connectivity index (χ2n) is 8.40. The molecule has 0 unspecified atom stereocenters. The van der Waals surface area contributed by atoms with Gasteiger partial charge in [-0.05, 0) is 43.2 Å². The number of methoxy groups -OCH3 is 1. The van der Waals surface area contributed by atoms with Crippen LogP contribution in [0.1, 0.15) is 58.6 Å². The first kappa shape index (κ1) is 23.1. The predicted octanol–water partition coefficient (Wildman–Crippen LogP) is 4.12. The van der Waals surface area contributed by atoms with Crippen LogP contribution < -0.4 is 4.74 Å². The van der Waals surface area contributed by atoms with Gasteiger partial charge in [-0.1, -0.05) is 24.1 Å². The number of rotatable bonds is 5. The van der Waals surface area contributed by atoms with E-state index in [9.17, 15) is 9.59 Å². The van der Waals surface area contributed by atoms with E-state index in [2.05, 4.69) is 17.0 Å². The topological polar surface area (TPSA) is 72.0 Å². The number of benzene rings is 1. The summed E-state index contributed by atoms with van der Waals surface area (Å²) in [6.07, 6.45) is 8.21. The van der Waals surface area contributed by atoms with E-state index in [1.807, 2.05) is 28.5 Å². The maximum Gasteiger partial charge on any atom is 0.410 e. The molecule has 1 aromatic heterocycles. The van der Waals surface area contributed by atoms with Crippen LogP contribution in [0.5, 0.6) is 5.75 Å². The number of para-hydroxylation sites is 1. The lowest BCUT2D eigenvalue weighted by atomic mass is 9.88. The summed E-state index contributed by atoms with van der Waals surface area (Å²) in [6.45, 7) is 2.63. The van der Waals surface area contributed by atoms with Gasteiger partial charge in [0.05, 0.1) is 12.1 Å². The van der Waals surface area contributed by atoms with Crippen LogP contribution in [-0.2, 0) is 4.74 Å². The van der Waals surface area contributed by atoms with Crippen molar-refractivity contribution in [3.05, 3.63) is 45.9 Å². The lowest BCUT2D eigenvalue weighted by molar-refractivity contribution is 0.0707. The molecule has 0 atom stereocenters. The molecule has 2 aliphatic rings. The van der Waals surface area contributed by atoms with E-state index >= 15 is 0 Å². The minimum atomic E-state index is -0.363. The number of hydrogen-bond acceptors (Lipinski definition) is 6. The zero-order valence-electron chi connectivity index (χ0n) is 18.9. The lowest BCUT2D eigenvalue weighted by Crippen LogP contribution is -2.38. The van der Waals surface area contributed by atoms with E-state index in [1.54, 1.807) is 12.0 Å². The Balaban J connectivity index is 1.30. The number of piperidine rings is 2. The molecule has 33 heavy (non-hydrogen) atoms. The Hall–Kier alpha value is -3.05. The summed E-state index contributed by atoms with van der Waals surface area (Å²) in [6, 6.07) is 8.13. The fourth-order valence-electron chi connectivity index (χ4n) is 4.64. The standard InChI is InChI=1S/C25H29N3O4S/c1-3-16-32-25(30)28-14-10-19(11-15-28)23-26-21(17-33-23)24(29)27-12-8-18(9-13-27)20-6-4-5-7-22(20)31-2/h1,4-7,17-19H,8-16H2,2H3. The van der Waals surface area contributed by atoms with Gasteiger partial charge in [-0.3, -0.25) is 4.79 Å². The minimum Gasteiger partial charge on any atom is -0.496 e.